The van der Waals surface area contributed by atoms with Gasteiger partial charge < -0.3 is 10.4 Å². The molecule has 18 heavy (non-hydrogen) atoms. The summed E-state index contributed by atoms with van der Waals surface area (Å²) in [5.74, 6) is -0.351. The molecule has 0 aliphatic carbocycles. The number of hydrogen-bond acceptors (Lipinski definition) is 5. The molecule has 1 saturated heterocycles. The highest BCUT2D eigenvalue weighted by molar-refractivity contribution is 6.05. The molecular weight excluding hydrogens is 236 g/mol. The van der Waals surface area contributed by atoms with Gasteiger partial charge in [0, 0.05) is 25.4 Å². The molecule has 1 fully saturated rings. The predicted molar refractivity (Wildman–Crippen MR) is 62.3 cm³/mol. The Kier molecular flexibility index (Phi) is 3.73. The highest BCUT2D eigenvalue weighted by Crippen LogP contribution is 2.11. The number of aliphatic hydroxyl groups excluding tert-OH is 1. The Morgan fingerprint density at radius 2 is 2.33 bits per heavy atom. The Balaban J connectivity index is 1.88. The van der Waals surface area contributed by atoms with Gasteiger partial charge in [-0.3, -0.25) is 19.2 Å². The van der Waals surface area contributed by atoms with Crippen LogP contribution in [0.5, 0.6) is 0 Å². The van der Waals surface area contributed by atoms with Crippen LogP contribution < -0.4 is 5.32 Å². The molecule has 98 valence electrons. The maximum absolute atomic E-state index is 11.6. The van der Waals surface area contributed by atoms with Gasteiger partial charge in [-0.25, -0.2) is 0 Å². The SMILES string of the molecule is CN1C(=O)CC(NCc2cnn(CCO)c2)C1=O. The van der Waals surface area contributed by atoms with Gasteiger partial charge in [-0.1, -0.05) is 0 Å². The van der Waals surface area contributed by atoms with Gasteiger partial charge in [0.15, 0.2) is 0 Å². The zero-order valence-corrected chi connectivity index (χ0v) is 10.2. The molecule has 1 aromatic rings. The number of aliphatic hydroxyl groups is 1. The molecule has 1 aliphatic rings. The van der Waals surface area contributed by atoms with Crippen molar-refractivity contribution in [3.8, 4) is 0 Å². The fraction of sp³-hybridized carbons (Fsp3) is 0.545. The first-order chi connectivity index (χ1) is 8.61. The van der Waals surface area contributed by atoms with E-state index in [0.29, 0.717) is 13.1 Å². The lowest BCUT2D eigenvalue weighted by molar-refractivity contribution is -0.137. The minimum atomic E-state index is -0.441. The molecule has 1 atom stereocenters. The van der Waals surface area contributed by atoms with Crippen molar-refractivity contribution in [1.82, 2.24) is 20.0 Å². The zero-order chi connectivity index (χ0) is 13.1. The van der Waals surface area contributed by atoms with Crippen molar-refractivity contribution < 1.29 is 14.7 Å². The second kappa shape index (κ2) is 5.28. The topological polar surface area (TPSA) is 87.5 Å². The largest absolute Gasteiger partial charge is 0.394 e. The van der Waals surface area contributed by atoms with E-state index in [1.807, 2.05) is 0 Å². The van der Waals surface area contributed by atoms with E-state index in [1.165, 1.54) is 7.05 Å². The Hall–Kier alpha value is -1.73. The number of imide groups is 1. The molecule has 2 N–H and O–H groups in total. The van der Waals surface area contributed by atoms with Crippen LogP contribution in [0.15, 0.2) is 12.4 Å². The minimum Gasteiger partial charge on any atom is -0.394 e. The number of likely N-dealkylation sites (N-methyl/N-ethyl adjacent to an activating group) is 1. The first kappa shape index (κ1) is 12.7. The molecule has 0 aromatic carbocycles. The average Bonchev–Trinajstić information content (AvgIpc) is 2.88. The molecule has 2 rings (SSSR count). The summed E-state index contributed by atoms with van der Waals surface area (Å²) in [5.41, 5.74) is 0.915. The lowest BCUT2D eigenvalue weighted by Crippen LogP contribution is -2.36. The fourth-order valence-corrected chi connectivity index (χ4v) is 1.88. The van der Waals surface area contributed by atoms with Crippen molar-refractivity contribution in [2.24, 2.45) is 0 Å². The van der Waals surface area contributed by atoms with Gasteiger partial charge in [0.25, 0.3) is 0 Å². The minimum absolute atomic E-state index is 0.0367. The van der Waals surface area contributed by atoms with Crippen LogP contribution in [-0.4, -0.2) is 51.3 Å². The number of carbonyl (C=O) groups is 2. The van der Waals surface area contributed by atoms with Crippen molar-refractivity contribution in [2.75, 3.05) is 13.7 Å². The summed E-state index contributed by atoms with van der Waals surface area (Å²) in [7, 11) is 1.49. The van der Waals surface area contributed by atoms with Crippen LogP contribution in [0.25, 0.3) is 0 Å². The summed E-state index contributed by atoms with van der Waals surface area (Å²) in [4.78, 5) is 24.1. The van der Waals surface area contributed by atoms with E-state index in [2.05, 4.69) is 10.4 Å². The molecule has 1 unspecified atom stereocenters. The molecule has 7 nitrogen and oxygen atoms in total. The lowest BCUT2D eigenvalue weighted by Gasteiger charge is -2.09. The van der Waals surface area contributed by atoms with Gasteiger partial charge in [-0.15, -0.1) is 0 Å². The highest BCUT2D eigenvalue weighted by atomic mass is 16.3. The Morgan fingerprint density at radius 3 is 2.94 bits per heavy atom. The molecular formula is C11H16N4O3. The molecule has 0 spiro atoms. The van der Waals surface area contributed by atoms with E-state index in [0.717, 1.165) is 10.5 Å². The van der Waals surface area contributed by atoms with Crippen molar-refractivity contribution in [3.63, 3.8) is 0 Å². The van der Waals surface area contributed by atoms with Crippen molar-refractivity contribution in [1.29, 1.82) is 0 Å². The summed E-state index contributed by atoms with van der Waals surface area (Å²) < 4.78 is 1.63. The third kappa shape index (κ3) is 2.57. The number of hydrogen-bond donors (Lipinski definition) is 2. The first-order valence-electron chi connectivity index (χ1n) is 5.78. The molecule has 0 bridgehead atoms. The van der Waals surface area contributed by atoms with Crippen LogP contribution >= 0.6 is 0 Å². The maximum Gasteiger partial charge on any atom is 0.246 e. The monoisotopic (exact) mass is 252 g/mol. The second-order valence-corrected chi connectivity index (χ2v) is 4.26. The zero-order valence-electron chi connectivity index (χ0n) is 10.2. The quantitative estimate of drug-likeness (QED) is 0.637. The summed E-state index contributed by atoms with van der Waals surface area (Å²) >= 11 is 0. The third-order valence-electron chi connectivity index (χ3n) is 2.95. The summed E-state index contributed by atoms with van der Waals surface area (Å²) in [6.45, 7) is 0.960. The lowest BCUT2D eigenvalue weighted by atomic mass is 10.2. The number of rotatable bonds is 5. The van der Waals surface area contributed by atoms with Crippen molar-refractivity contribution >= 4 is 11.8 Å². The number of amides is 2. The number of nitrogens with one attached hydrogen (secondary N) is 1. The standard InChI is InChI=1S/C11H16N4O3/c1-14-10(17)4-9(11(14)18)12-5-8-6-13-15(7-8)2-3-16/h6-7,9,12,16H,2-5H2,1H3. The van der Waals surface area contributed by atoms with E-state index in [1.54, 1.807) is 17.1 Å². The van der Waals surface area contributed by atoms with Crippen LogP contribution in [0.3, 0.4) is 0 Å². The molecule has 1 aromatic heterocycles. The van der Waals surface area contributed by atoms with Gasteiger partial charge in [-0.05, 0) is 0 Å². The van der Waals surface area contributed by atoms with Gasteiger partial charge in [0.05, 0.1) is 31.8 Å². The third-order valence-corrected chi connectivity index (χ3v) is 2.95. The van der Waals surface area contributed by atoms with Gasteiger partial charge in [0.2, 0.25) is 11.8 Å². The maximum atomic E-state index is 11.6. The Morgan fingerprint density at radius 1 is 1.56 bits per heavy atom. The normalized spacial score (nSPS) is 19.9. The van der Waals surface area contributed by atoms with E-state index < -0.39 is 6.04 Å². The Bertz CT molecular complexity index is 457. The van der Waals surface area contributed by atoms with Gasteiger partial charge in [0.1, 0.15) is 0 Å². The molecule has 1 aliphatic heterocycles. The summed E-state index contributed by atoms with van der Waals surface area (Å²) in [6, 6.07) is -0.441. The van der Waals surface area contributed by atoms with Gasteiger partial charge >= 0.3 is 0 Å². The number of nitrogens with zero attached hydrogens (tertiary/aromatic N) is 3. The van der Waals surface area contributed by atoms with Crippen LogP contribution in [0.4, 0.5) is 0 Å². The molecule has 0 saturated carbocycles. The predicted octanol–water partition coefficient (Wildman–Crippen LogP) is -1.28. The van der Waals surface area contributed by atoms with E-state index in [4.69, 9.17) is 5.11 Å². The van der Waals surface area contributed by atoms with E-state index in [9.17, 15) is 9.59 Å². The Labute approximate surface area is 104 Å². The average molecular weight is 252 g/mol. The van der Waals surface area contributed by atoms with Crippen LogP contribution in [-0.2, 0) is 22.7 Å². The van der Waals surface area contributed by atoms with Gasteiger partial charge in [-0.2, -0.15) is 5.10 Å². The van der Waals surface area contributed by atoms with Crippen molar-refractivity contribution in [2.45, 2.75) is 25.6 Å². The molecule has 2 amide bonds. The summed E-state index contributed by atoms with van der Waals surface area (Å²) in [6.07, 6.45) is 3.68. The highest BCUT2D eigenvalue weighted by Gasteiger charge is 2.35. The van der Waals surface area contributed by atoms with Crippen LogP contribution in [0.2, 0.25) is 0 Å². The van der Waals surface area contributed by atoms with Crippen molar-refractivity contribution in [3.05, 3.63) is 18.0 Å². The van der Waals surface area contributed by atoms with E-state index in [-0.39, 0.29) is 24.8 Å². The number of carbonyl (C=O) groups excluding carboxylic acids is 2. The molecule has 0 radical (unpaired) electrons. The molecule has 7 heteroatoms. The molecule has 2 heterocycles. The summed E-state index contributed by atoms with van der Waals surface area (Å²) in [5, 5.41) is 15.9. The fourth-order valence-electron chi connectivity index (χ4n) is 1.88. The van der Waals surface area contributed by atoms with Crippen LogP contribution in [0.1, 0.15) is 12.0 Å². The van der Waals surface area contributed by atoms with Crippen LogP contribution in [0, 0.1) is 0 Å². The van der Waals surface area contributed by atoms with E-state index >= 15 is 0 Å². The number of aromatic nitrogens is 2. The first-order valence-corrected chi connectivity index (χ1v) is 5.78. The smallest absolute Gasteiger partial charge is 0.246 e. The second-order valence-electron chi connectivity index (χ2n) is 4.26. The number of likely N-dealkylation sites (tertiary alicyclic amines) is 1.